The minimum Gasteiger partial charge on any atom is -0.340 e. The summed E-state index contributed by atoms with van der Waals surface area (Å²) in [6.07, 6.45) is 3.89. The SMILES string of the molecule is CCC1(CC)COC(c2ccccc2)(c2ccccn2)OC1. The van der Waals surface area contributed by atoms with Crippen molar-refractivity contribution in [3.63, 3.8) is 0 Å². The molecule has 0 amide bonds. The van der Waals surface area contributed by atoms with Crippen molar-refractivity contribution in [2.45, 2.75) is 32.5 Å². The lowest BCUT2D eigenvalue weighted by Crippen LogP contribution is -2.48. The van der Waals surface area contributed by atoms with Gasteiger partial charge in [0, 0.05) is 17.2 Å². The van der Waals surface area contributed by atoms with E-state index in [1.807, 2.05) is 48.5 Å². The van der Waals surface area contributed by atoms with Gasteiger partial charge in [0.2, 0.25) is 5.79 Å². The second-order valence-corrected chi connectivity index (χ2v) is 5.98. The van der Waals surface area contributed by atoms with Crippen molar-refractivity contribution < 1.29 is 9.47 Å². The Bertz CT molecular complexity index is 542. The molecule has 3 heteroatoms. The molecule has 3 nitrogen and oxygen atoms in total. The summed E-state index contributed by atoms with van der Waals surface area (Å²) >= 11 is 0. The molecule has 116 valence electrons. The van der Waals surface area contributed by atoms with Gasteiger partial charge in [-0.1, -0.05) is 50.2 Å². The molecule has 0 radical (unpaired) electrons. The Kier molecular flexibility index (Phi) is 4.27. The van der Waals surface area contributed by atoms with Crippen LogP contribution in [0.5, 0.6) is 0 Å². The molecule has 0 atom stereocenters. The van der Waals surface area contributed by atoms with Crippen molar-refractivity contribution in [2.24, 2.45) is 5.41 Å². The molecule has 3 rings (SSSR count). The molecular weight excluding hydrogens is 274 g/mol. The number of ether oxygens (including phenoxy) is 2. The second-order valence-electron chi connectivity index (χ2n) is 5.98. The van der Waals surface area contributed by atoms with Crippen molar-refractivity contribution in [1.82, 2.24) is 4.98 Å². The first-order chi connectivity index (χ1) is 10.7. The van der Waals surface area contributed by atoms with Crippen LogP contribution < -0.4 is 0 Å². The normalized spacial score (nSPS) is 19.7. The van der Waals surface area contributed by atoms with E-state index in [1.54, 1.807) is 6.20 Å². The van der Waals surface area contributed by atoms with E-state index in [2.05, 4.69) is 18.8 Å². The summed E-state index contributed by atoms with van der Waals surface area (Å²) in [5, 5.41) is 0. The van der Waals surface area contributed by atoms with E-state index in [0.29, 0.717) is 13.2 Å². The molecule has 0 spiro atoms. The van der Waals surface area contributed by atoms with Crippen LogP contribution >= 0.6 is 0 Å². The highest BCUT2D eigenvalue weighted by Crippen LogP contribution is 2.43. The van der Waals surface area contributed by atoms with Gasteiger partial charge in [-0.2, -0.15) is 0 Å². The summed E-state index contributed by atoms with van der Waals surface area (Å²) in [5.41, 5.74) is 1.91. The summed E-state index contributed by atoms with van der Waals surface area (Å²) < 4.78 is 12.7. The highest BCUT2D eigenvalue weighted by atomic mass is 16.7. The zero-order chi connectivity index (χ0) is 15.5. The summed E-state index contributed by atoms with van der Waals surface area (Å²) in [6, 6.07) is 16.0. The van der Waals surface area contributed by atoms with Gasteiger partial charge in [-0.3, -0.25) is 4.98 Å². The highest BCUT2D eigenvalue weighted by Gasteiger charge is 2.46. The van der Waals surface area contributed by atoms with Gasteiger partial charge in [-0.25, -0.2) is 0 Å². The Morgan fingerprint density at radius 1 is 0.909 bits per heavy atom. The molecule has 0 unspecified atom stereocenters. The summed E-state index contributed by atoms with van der Waals surface area (Å²) in [5.74, 6) is -0.893. The Balaban J connectivity index is 2.00. The molecule has 1 aliphatic rings. The fourth-order valence-corrected chi connectivity index (χ4v) is 2.93. The Morgan fingerprint density at radius 2 is 1.55 bits per heavy atom. The third kappa shape index (κ3) is 2.55. The van der Waals surface area contributed by atoms with Crippen LogP contribution in [0.2, 0.25) is 0 Å². The highest BCUT2D eigenvalue weighted by molar-refractivity contribution is 5.30. The largest absolute Gasteiger partial charge is 0.340 e. The summed E-state index contributed by atoms with van der Waals surface area (Å²) in [4.78, 5) is 4.50. The van der Waals surface area contributed by atoms with Crippen LogP contribution in [0.1, 0.15) is 37.9 Å². The molecule has 1 saturated heterocycles. The Labute approximate surface area is 132 Å². The first-order valence-corrected chi connectivity index (χ1v) is 8.00. The van der Waals surface area contributed by atoms with E-state index >= 15 is 0 Å². The monoisotopic (exact) mass is 297 g/mol. The van der Waals surface area contributed by atoms with Gasteiger partial charge in [-0.05, 0) is 25.0 Å². The van der Waals surface area contributed by atoms with Gasteiger partial charge in [0.05, 0.1) is 13.2 Å². The van der Waals surface area contributed by atoms with E-state index in [4.69, 9.17) is 9.47 Å². The zero-order valence-corrected chi connectivity index (χ0v) is 13.3. The van der Waals surface area contributed by atoms with E-state index < -0.39 is 5.79 Å². The maximum Gasteiger partial charge on any atom is 0.239 e. The standard InChI is InChI=1S/C19H23NO2/c1-3-18(4-2)14-21-19(22-15-18,16-10-6-5-7-11-16)17-12-8-9-13-20-17/h5-13H,3-4,14-15H2,1-2H3. The smallest absolute Gasteiger partial charge is 0.239 e. The minimum atomic E-state index is -0.893. The van der Waals surface area contributed by atoms with Crippen molar-refractivity contribution in [3.8, 4) is 0 Å². The third-order valence-electron chi connectivity index (χ3n) is 4.82. The summed E-state index contributed by atoms with van der Waals surface area (Å²) in [7, 11) is 0. The van der Waals surface area contributed by atoms with Gasteiger partial charge in [0.15, 0.2) is 0 Å². The minimum absolute atomic E-state index is 0.104. The van der Waals surface area contributed by atoms with Gasteiger partial charge < -0.3 is 9.47 Å². The quantitative estimate of drug-likeness (QED) is 0.850. The molecule has 0 saturated carbocycles. The third-order valence-corrected chi connectivity index (χ3v) is 4.82. The molecule has 22 heavy (non-hydrogen) atoms. The first-order valence-electron chi connectivity index (χ1n) is 8.00. The molecule has 0 aliphatic carbocycles. The van der Waals surface area contributed by atoms with Crippen LogP contribution in [-0.4, -0.2) is 18.2 Å². The maximum atomic E-state index is 6.35. The lowest BCUT2D eigenvalue weighted by atomic mass is 9.82. The van der Waals surface area contributed by atoms with E-state index in [1.165, 1.54) is 0 Å². The lowest BCUT2D eigenvalue weighted by molar-refractivity contribution is -0.293. The van der Waals surface area contributed by atoms with E-state index in [-0.39, 0.29) is 5.41 Å². The topological polar surface area (TPSA) is 31.4 Å². The number of pyridine rings is 1. The van der Waals surface area contributed by atoms with Gasteiger partial charge in [0.25, 0.3) is 0 Å². The molecule has 1 aromatic heterocycles. The predicted octanol–water partition coefficient (Wildman–Crippen LogP) is 4.14. The van der Waals surface area contributed by atoms with Crippen molar-refractivity contribution in [3.05, 3.63) is 66.0 Å². The van der Waals surface area contributed by atoms with Crippen LogP contribution in [0.3, 0.4) is 0 Å². The Hall–Kier alpha value is -1.71. The lowest BCUT2D eigenvalue weighted by Gasteiger charge is -2.45. The van der Waals surface area contributed by atoms with Crippen molar-refractivity contribution >= 4 is 0 Å². The number of nitrogens with zero attached hydrogens (tertiary/aromatic N) is 1. The summed E-state index contributed by atoms with van der Waals surface area (Å²) in [6.45, 7) is 5.77. The molecule has 1 aromatic carbocycles. The number of aromatic nitrogens is 1. The van der Waals surface area contributed by atoms with Crippen LogP contribution in [0.4, 0.5) is 0 Å². The van der Waals surface area contributed by atoms with Crippen LogP contribution in [-0.2, 0) is 15.3 Å². The van der Waals surface area contributed by atoms with Crippen molar-refractivity contribution in [2.75, 3.05) is 13.2 Å². The average molecular weight is 297 g/mol. The number of hydrogen-bond donors (Lipinski definition) is 0. The fraction of sp³-hybridized carbons (Fsp3) is 0.421. The number of hydrogen-bond acceptors (Lipinski definition) is 3. The first kappa shape index (κ1) is 15.2. The average Bonchev–Trinajstić information content (AvgIpc) is 2.63. The van der Waals surface area contributed by atoms with Gasteiger partial charge in [0.1, 0.15) is 5.69 Å². The molecule has 0 N–H and O–H groups in total. The van der Waals surface area contributed by atoms with Gasteiger partial charge >= 0.3 is 0 Å². The maximum absolute atomic E-state index is 6.35. The zero-order valence-electron chi connectivity index (χ0n) is 13.3. The van der Waals surface area contributed by atoms with Crippen LogP contribution in [0.15, 0.2) is 54.7 Å². The molecule has 1 aliphatic heterocycles. The molecule has 2 heterocycles. The van der Waals surface area contributed by atoms with Gasteiger partial charge in [-0.15, -0.1) is 0 Å². The Morgan fingerprint density at radius 3 is 2.09 bits per heavy atom. The van der Waals surface area contributed by atoms with Crippen LogP contribution in [0.25, 0.3) is 0 Å². The van der Waals surface area contributed by atoms with E-state index in [9.17, 15) is 0 Å². The fourth-order valence-electron chi connectivity index (χ4n) is 2.93. The number of benzene rings is 1. The number of rotatable bonds is 4. The molecule has 2 aromatic rings. The van der Waals surface area contributed by atoms with Crippen LogP contribution in [0, 0.1) is 5.41 Å². The second kappa shape index (κ2) is 6.19. The molecular formula is C19H23NO2. The van der Waals surface area contributed by atoms with E-state index in [0.717, 1.165) is 24.1 Å². The molecule has 1 fully saturated rings. The molecule has 0 bridgehead atoms. The predicted molar refractivity (Wildman–Crippen MR) is 86.4 cm³/mol. The van der Waals surface area contributed by atoms with Crippen molar-refractivity contribution in [1.29, 1.82) is 0 Å².